The van der Waals surface area contributed by atoms with Gasteiger partial charge in [0.05, 0.1) is 25.9 Å². The molecule has 0 atom stereocenters. The molecule has 13 heteroatoms. The molecule has 0 aromatic heterocycles. The minimum absolute atomic E-state index is 0.158. The number of carbonyl (C=O) groups is 1. The van der Waals surface area contributed by atoms with E-state index in [2.05, 4.69) is 0 Å². The molecule has 0 heterocycles. The predicted molar refractivity (Wildman–Crippen MR) is 88.7 cm³/mol. The van der Waals surface area contributed by atoms with Gasteiger partial charge >= 0.3 is 11.8 Å². The molecule has 0 radical (unpaired) electrons. The highest BCUT2D eigenvalue weighted by molar-refractivity contribution is 6.32. The van der Waals surface area contributed by atoms with E-state index in [1.165, 1.54) is 24.3 Å². The van der Waals surface area contributed by atoms with Gasteiger partial charge in [0.2, 0.25) is 5.75 Å². The zero-order chi connectivity index (χ0) is 20.1. The summed E-state index contributed by atoms with van der Waals surface area (Å²) < 4.78 is 9.44. The SMILES string of the molecule is O=C(OCc1ccc([N+](=O)[O-])cc1)Oc1c(Cl)cc([N+](=O)[O-])cc1[N+](=O)[O-]. The third kappa shape index (κ3) is 4.85. The van der Waals surface area contributed by atoms with Crippen LogP contribution in [0.4, 0.5) is 21.9 Å². The summed E-state index contributed by atoms with van der Waals surface area (Å²) in [6.07, 6.45) is -1.35. The largest absolute Gasteiger partial charge is 0.514 e. The number of nitro groups is 3. The lowest BCUT2D eigenvalue weighted by atomic mass is 10.2. The normalized spacial score (nSPS) is 10.1. The van der Waals surface area contributed by atoms with Crippen molar-refractivity contribution in [2.45, 2.75) is 6.61 Å². The van der Waals surface area contributed by atoms with E-state index in [1.807, 2.05) is 0 Å². The van der Waals surface area contributed by atoms with Gasteiger partial charge < -0.3 is 9.47 Å². The maximum Gasteiger partial charge on any atom is 0.514 e. The lowest BCUT2D eigenvalue weighted by Crippen LogP contribution is -2.12. The molecule has 2 rings (SSSR count). The Morgan fingerprint density at radius 2 is 1.52 bits per heavy atom. The monoisotopic (exact) mass is 397 g/mol. The Balaban J connectivity index is 2.12. The van der Waals surface area contributed by atoms with E-state index >= 15 is 0 Å². The minimum Gasteiger partial charge on any atom is -0.429 e. The summed E-state index contributed by atoms with van der Waals surface area (Å²) in [7, 11) is 0. The van der Waals surface area contributed by atoms with Crippen LogP contribution >= 0.6 is 11.6 Å². The maximum atomic E-state index is 11.7. The molecule has 12 nitrogen and oxygen atoms in total. The average Bonchev–Trinajstić information content (AvgIpc) is 2.61. The van der Waals surface area contributed by atoms with Crippen molar-refractivity contribution < 1.29 is 29.0 Å². The van der Waals surface area contributed by atoms with Crippen LogP contribution in [-0.4, -0.2) is 20.9 Å². The molecule has 0 aliphatic rings. The van der Waals surface area contributed by atoms with E-state index in [4.69, 9.17) is 21.1 Å². The summed E-state index contributed by atoms with van der Waals surface area (Å²) in [5.74, 6) is -0.707. The summed E-state index contributed by atoms with van der Waals surface area (Å²) in [5.41, 5.74) is -1.31. The van der Waals surface area contributed by atoms with Crippen molar-refractivity contribution in [2.75, 3.05) is 0 Å². The smallest absolute Gasteiger partial charge is 0.429 e. The van der Waals surface area contributed by atoms with Gasteiger partial charge in [-0.25, -0.2) is 4.79 Å². The summed E-state index contributed by atoms with van der Waals surface area (Å²) in [5, 5.41) is 31.8. The van der Waals surface area contributed by atoms with Crippen molar-refractivity contribution >= 4 is 34.8 Å². The highest BCUT2D eigenvalue weighted by atomic mass is 35.5. The number of carbonyl (C=O) groups excluding carboxylic acids is 1. The van der Waals surface area contributed by atoms with E-state index in [0.717, 1.165) is 6.07 Å². The molecule has 0 saturated carbocycles. The highest BCUT2D eigenvalue weighted by Gasteiger charge is 2.27. The number of hydrogen-bond acceptors (Lipinski definition) is 9. The maximum absolute atomic E-state index is 11.7. The Morgan fingerprint density at radius 3 is 2.04 bits per heavy atom. The summed E-state index contributed by atoms with van der Waals surface area (Å²) in [6, 6.07) is 6.45. The third-order valence-electron chi connectivity index (χ3n) is 3.11. The molecule has 0 fully saturated rings. The fourth-order valence-corrected chi connectivity index (χ4v) is 2.12. The summed E-state index contributed by atoms with van der Waals surface area (Å²) in [6.45, 7) is -0.338. The first-order valence-electron chi connectivity index (χ1n) is 6.89. The first-order valence-corrected chi connectivity index (χ1v) is 7.27. The minimum atomic E-state index is -1.35. The highest BCUT2D eigenvalue weighted by Crippen LogP contribution is 2.38. The molecule has 27 heavy (non-hydrogen) atoms. The first kappa shape index (κ1) is 19.5. The fourth-order valence-electron chi connectivity index (χ4n) is 1.88. The quantitative estimate of drug-likeness (QED) is 0.305. The molecule has 0 spiro atoms. The molecular formula is C14H8ClN3O9. The van der Waals surface area contributed by atoms with E-state index < -0.39 is 43.1 Å². The third-order valence-corrected chi connectivity index (χ3v) is 3.39. The molecular weight excluding hydrogens is 390 g/mol. The van der Waals surface area contributed by atoms with Crippen LogP contribution in [0.5, 0.6) is 5.75 Å². The second-order valence-corrected chi connectivity index (χ2v) is 5.26. The number of benzene rings is 2. The van der Waals surface area contributed by atoms with Gasteiger partial charge in [0.25, 0.3) is 11.4 Å². The summed E-state index contributed by atoms with van der Waals surface area (Å²) in [4.78, 5) is 41.6. The molecule has 0 aliphatic carbocycles. The zero-order valence-corrected chi connectivity index (χ0v) is 13.8. The topological polar surface area (TPSA) is 165 Å². The first-order chi connectivity index (χ1) is 12.7. The average molecular weight is 398 g/mol. The molecule has 2 aromatic rings. The van der Waals surface area contributed by atoms with Crippen molar-refractivity contribution in [1.29, 1.82) is 0 Å². The van der Waals surface area contributed by atoms with Crippen molar-refractivity contribution in [3.63, 3.8) is 0 Å². The van der Waals surface area contributed by atoms with Crippen LogP contribution in [0, 0.1) is 30.3 Å². The standard InChI is InChI=1S/C14H8ClN3O9/c15-11-5-10(17(22)23)6-12(18(24)25)13(11)27-14(19)26-7-8-1-3-9(4-2-8)16(20)21/h1-6H,7H2. The van der Waals surface area contributed by atoms with E-state index in [1.54, 1.807) is 0 Å². The number of non-ortho nitro benzene ring substituents is 2. The van der Waals surface area contributed by atoms with Gasteiger partial charge in [-0.15, -0.1) is 0 Å². The lowest BCUT2D eigenvalue weighted by Gasteiger charge is -2.08. The van der Waals surface area contributed by atoms with Crippen LogP contribution in [0.15, 0.2) is 36.4 Å². The van der Waals surface area contributed by atoms with Crippen LogP contribution in [0.1, 0.15) is 5.56 Å². The van der Waals surface area contributed by atoms with Crippen LogP contribution in [-0.2, 0) is 11.3 Å². The predicted octanol–water partition coefficient (Wildman–Crippen LogP) is 3.78. The molecule has 0 N–H and O–H groups in total. The van der Waals surface area contributed by atoms with Gasteiger partial charge in [0.15, 0.2) is 0 Å². The fraction of sp³-hybridized carbons (Fsp3) is 0.0714. The lowest BCUT2D eigenvalue weighted by molar-refractivity contribution is -0.394. The van der Waals surface area contributed by atoms with E-state index in [9.17, 15) is 35.1 Å². The van der Waals surface area contributed by atoms with Crippen LogP contribution < -0.4 is 4.74 Å². The Labute approximate surface area is 154 Å². The summed E-state index contributed by atoms with van der Waals surface area (Å²) >= 11 is 5.73. The van der Waals surface area contributed by atoms with E-state index in [0.29, 0.717) is 11.6 Å². The molecule has 0 aliphatic heterocycles. The molecule has 0 unspecified atom stereocenters. The Kier molecular flexibility index (Phi) is 5.82. The van der Waals surface area contributed by atoms with Crippen LogP contribution in [0.3, 0.4) is 0 Å². The number of halogens is 1. The van der Waals surface area contributed by atoms with Crippen molar-refractivity contribution in [3.8, 4) is 5.75 Å². The van der Waals surface area contributed by atoms with Gasteiger partial charge in [0, 0.05) is 18.2 Å². The van der Waals surface area contributed by atoms with Gasteiger partial charge in [-0.2, -0.15) is 0 Å². The van der Waals surface area contributed by atoms with Crippen molar-refractivity contribution in [3.05, 3.63) is 77.3 Å². The van der Waals surface area contributed by atoms with Crippen molar-refractivity contribution in [2.24, 2.45) is 0 Å². The van der Waals surface area contributed by atoms with Gasteiger partial charge in [-0.1, -0.05) is 11.6 Å². The van der Waals surface area contributed by atoms with Crippen molar-refractivity contribution in [1.82, 2.24) is 0 Å². The van der Waals surface area contributed by atoms with Crippen LogP contribution in [0.2, 0.25) is 5.02 Å². The second kappa shape index (κ2) is 8.05. The molecule has 2 aromatic carbocycles. The van der Waals surface area contributed by atoms with E-state index in [-0.39, 0.29) is 12.3 Å². The molecule has 140 valence electrons. The Morgan fingerprint density at radius 1 is 0.926 bits per heavy atom. The molecule has 0 bridgehead atoms. The Bertz CT molecular complexity index is 930. The number of hydrogen-bond donors (Lipinski definition) is 0. The number of nitro benzene ring substituents is 3. The zero-order valence-electron chi connectivity index (χ0n) is 13.1. The van der Waals surface area contributed by atoms with Gasteiger partial charge in [-0.3, -0.25) is 30.3 Å². The molecule has 0 saturated heterocycles. The molecule has 0 amide bonds. The van der Waals surface area contributed by atoms with Crippen LogP contribution in [0.25, 0.3) is 0 Å². The second-order valence-electron chi connectivity index (χ2n) is 4.85. The number of nitrogens with zero attached hydrogens (tertiary/aromatic N) is 3. The number of ether oxygens (including phenoxy) is 2. The Hall–Kier alpha value is -3.80. The number of rotatable bonds is 6. The van der Waals surface area contributed by atoms with Gasteiger partial charge in [0.1, 0.15) is 6.61 Å². The van der Waals surface area contributed by atoms with Gasteiger partial charge in [-0.05, 0) is 17.7 Å².